The third-order valence-electron chi connectivity index (χ3n) is 2.19. The van der Waals surface area contributed by atoms with Crippen molar-refractivity contribution in [2.24, 2.45) is 0 Å². The fourth-order valence-corrected chi connectivity index (χ4v) is 1.34. The highest BCUT2D eigenvalue weighted by Crippen LogP contribution is 2.19. The van der Waals surface area contributed by atoms with Crippen LogP contribution in [0.15, 0.2) is 18.2 Å². The van der Waals surface area contributed by atoms with Crippen molar-refractivity contribution in [2.75, 3.05) is 26.9 Å². The molecule has 0 saturated carbocycles. The van der Waals surface area contributed by atoms with Gasteiger partial charge in [0.1, 0.15) is 0 Å². The van der Waals surface area contributed by atoms with E-state index in [0.29, 0.717) is 19.6 Å². The summed E-state index contributed by atoms with van der Waals surface area (Å²) in [6, 6.07) is 4.02. The number of carbonyl (C=O) groups excluding carboxylic acids is 1. The summed E-state index contributed by atoms with van der Waals surface area (Å²) in [5, 5.41) is 0. The zero-order valence-corrected chi connectivity index (χ0v) is 10.6. The molecule has 0 aromatic heterocycles. The number of methoxy groups -OCH3 is 1. The number of ether oxygens (including phenoxy) is 3. The maximum atomic E-state index is 13.6. The van der Waals surface area contributed by atoms with Gasteiger partial charge in [-0.05, 0) is 25.1 Å². The third kappa shape index (κ3) is 4.33. The summed E-state index contributed by atoms with van der Waals surface area (Å²) in [5.41, 5.74) is 0.179. The second-order valence-electron chi connectivity index (χ2n) is 3.56. The lowest BCUT2D eigenvalue weighted by atomic mass is 10.2. The molecule has 0 spiro atoms. The molecular weight excluding hydrogens is 239 g/mol. The van der Waals surface area contributed by atoms with E-state index in [9.17, 15) is 9.18 Å². The van der Waals surface area contributed by atoms with Gasteiger partial charge in [-0.2, -0.15) is 0 Å². The molecule has 1 rings (SSSR count). The summed E-state index contributed by atoms with van der Waals surface area (Å²) in [6.07, 6.45) is 0.676. The Morgan fingerprint density at radius 3 is 2.72 bits per heavy atom. The molecule has 0 unspecified atom stereocenters. The van der Waals surface area contributed by atoms with Crippen LogP contribution in [0.5, 0.6) is 5.75 Å². The number of esters is 1. The molecule has 0 heterocycles. The average molecular weight is 256 g/mol. The second-order valence-corrected chi connectivity index (χ2v) is 3.56. The van der Waals surface area contributed by atoms with E-state index in [2.05, 4.69) is 0 Å². The highest BCUT2D eigenvalue weighted by Gasteiger charge is 2.11. The van der Waals surface area contributed by atoms with Gasteiger partial charge in [0.05, 0.1) is 18.8 Å². The van der Waals surface area contributed by atoms with Crippen molar-refractivity contribution in [1.29, 1.82) is 0 Å². The fourth-order valence-electron chi connectivity index (χ4n) is 1.34. The molecule has 5 heteroatoms. The van der Waals surface area contributed by atoms with E-state index >= 15 is 0 Å². The number of benzene rings is 1. The molecule has 0 radical (unpaired) electrons. The summed E-state index contributed by atoms with van der Waals surface area (Å²) in [4.78, 5) is 11.4. The van der Waals surface area contributed by atoms with E-state index in [1.807, 2.05) is 0 Å². The maximum absolute atomic E-state index is 13.6. The van der Waals surface area contributed by atoms with E-state index in [4.69, 9.17) is 14.2 Å². The molecule has 0 fully saturated rings. The van der Waals surface area contributed by atoms with Crippen molar-refractivity contribution in [3.8, 4) is 5.75 Å². The average Bonchev–Trinajstić information content (AvgIpc) is 2.36. The highest BCUT2D eigenvalue weighted by atomic mass is 19.1. The van der Waals surface area contributed by atoms with Gasteiger partial charge in [0.15, 0.2) is 11.6 Å². The Morgan fingerprint density at radius 2 is 2.11 bits per heavy atom. The van der Waals surface area contributed by atoms with Crippen LogP contribution < -0.4 is 4.74 Å². The molecule has 0 saturated heterocycles. The molecule has 0 atom stereocenters. The Hall–Kier alpha value is -1.62. The molecule has 0 aliphatic carbocycles. The van der Waals surface area contributed by atoms with Crippen molar-refractivity contribution in [1.82, 2.24) is 0 Å². The van der Waals surface area contributed by atoms with Crippen LogP contribution in [0, 0.1) is 5.82 Å². The first-order valence-electron chi connectivity index (χ1n) is 5.77. The quantitative estimate of drug-likeness (QED) is 0.555. The zero-order valence-electron chi connectivity index (χ0n) is 10.6. The number of hydrogen-bond acceptors (Lipinski definition) is 4. The number of hydrogen-bond donors (Lipinski definition) is 0. The molecular formula is C13H17FO4. The van der Waals surface area contributed by atoms with Gasteiger partial charge in [0.2, 0.25) is 0 Å². The van der Waals surface area contributed by atoms with Gasteiger partial charge < -0.3 is 14.2 Å². The van der Waals surface area contributed by atoms with Crippen LogP contribution in [-0.2, 0) is 9.47 Å². The van der Waals surface area contributed by atoms with Gasteiger partial charge in [-0.3, -0.25) is 0 Å². The van der Waals surface area contributed by atoms with Gasteiger partial charge in [-0.1, -0.05) is 0 Å². The summed E-state index contributed by atoms with van der Waals surface area (Å²) in [6.45, 7) is 2.88. The maximum Gasteiger partial charge on any atom is 0.338 e. The van der Waals surface area contributed by atoms with Crippen LogP contribution in [0.25, 0.3) is 0 Å². The Bertz CT molecular complexity index is 393. The normalized spacial score (nSPS) is 10.2. The molecule has 1 aromatic rings. The SMILES string of the molecule is CCOC(=O)c1ccc(OCCCOC)c(F)c1. The van der Waals surface area contributed by atoms with Crippen molar-refractivity contribution < 1.29 is 23.4 Å². The minimum Gasteiger partial charge on any atom is -0.490 e. The number of carbonyl (C=O) groups is 1. The predicted molar refractivity (Wildman–Crippen MR) is 64.3 cm³/mol. The van der Waals surface area contributed by atoms with Crippen LogP contribution >= 0.6 is 0 Å². The van der Waals surface area contributed by atoms with Crippen LogP contribution in [0.1, 0.15) is 23.7 Å². The third-order valence-corrected chi connectivity index (χ3v) is 2.19. The van der Waals surface area contributed by atoms with Gasteiger partial charge in [0, 0.05) is 20.1 Å². The van der Waals surface area contributed by atoms with Crippen molar-refractivity contribution in [3.63, 3.8) is 0 Å². The van der Waals surface area contributed by atoms with Crippen LogP contribution in [0.3, 0.4) is 0 Å². The molecule has 0 bridgehead atoms. The molecule has 0 N–H and O–H groups in total. The van der Waals surface area contributed by atoms with Gasteiger partial charge in [-0.25, -0.2) is 9.18 Å². The predicted octanol–water partition coefficient (Wildman–Crippen LogP) is 2.42. The zero-order chi connectivity index (χ0) is 13.4. The smallest absolute Gasteiger partial charge is 0.338 e. The van der Waals surface area contributed by atoms with E-state index in [1.54, 1.807) is 14.0 Å². The first kappa shape index (κ1) is 14.4. The number of halogens is 1. The topological polar surface area (TPSA) is 44.8 Å². The fraction of sp³-hybridized carbons (Fsp3) is 0.462. The Morgan fingerprint density at radius 1 is 1.33 bits per heavy atom. The molecule has 1 aromatic carbocycles. The van der Waals surface area contributed by atoms with Crippen LogP contribution in [-0.4, -0.2) is 32.9 Å². The molecule has 4 nitrogen and oxygen atoms in total. The Kier molecular flexibility index (Phi) is 6.14. The lowest BCUT2D eigenvalue weighted by Gasteiger charge is -2.08. The van der Waals surface area contributed by atoms with Gasteiger partial charge >= 0.3 is 5.97 Å². The van der Waals surface area contributed by atoms with E-state index in [1.165, 1.54) is 12.1 Å². The van der Waals surface area contributed by atoms with Crippen molar-refractivity contribution >= 4 is 5.97 Å². The lowest BCUT2D eigenvalue weighted by Crippen LogP contribution is -2.06. The molecule has 18 heavy (non-hydrogen) atoms. The van der Waals surface area contributed by atoms with Gasteiger partial charge in [-0.15, -0.1) is 0 Å². The van der Waals surface area contributed by atoms with Crippen LogP contribution in [0.4, 0.5) is 4.39 Å². The molecule has 0 aliphatic heterocycles. The first-order chi connectivity index (χ1) is 8.69. The second kappa shape index (κ2) is 7.66. The van der Waals surface area contributed by atoms with Crippen LogP contribution in [0.2, 0.25) is 0 Å². The summed E-state index contributed by atoms with van der Waals surface area (Å²) >= 11 is 0. The Balaban J connectivity index is 2.59. The molecule has 0 amide bonds. The minimum atomic E-state index is -0.571. The summed E-state index contributed by atoms with van der Waals surface area (Å²) in [5.74, 6) is -0.987. The largest absolute Gasteiger partial charge is 0.490 e. The highest BCUT2D eigenvalue weighted by molar-refractivity contribution is 5.89. The minimum absolute atomic E-state index is 0.124. The molecule has 100 valence electrons. The first-order valence-corrected chi connectivity index (χ1v) is 5.77. The molecule has 0 aliphatic rings. The summed E-state index contributed by atoms with van der Waals surface area (Å²) in [7, 11) is 1.59. The summed E-state index contributed by atoms with van der Waals surface area (Å²) < 4.78 is 28.4. The van der Waals surface area contributed by atoms with Gasteiger partial charge in [0.25, 0.3) is 0 Å². The van der Waals surface area contributed by atoms with E-state index < -0.39 is 11.8 Å². The van der Waals surface area contributed by atoms with E-state index in [0.717, 1.165) is 6.07 Å². The lowest BCUT2D eigenvalue weighted by molar-refractivity contribution is 0.0525. The number of rotatable bonds is 7. The van der Waals surface area contributed by atoms with E-state index in [-0.39, 0.29) is 17.9 Å². The van der Waals surface area contributed by atoms with Crippen molar-refractivity contribution in [2.45, 2.75) is 13.3 Å². The van der Waals surface area contributed by atoms with Crippen molar-refractivity contribution in [3.05, 3.63) is 29.6 Å². The monoisotopic (exact) mass is 256 g/mol. The standard InChI is InChI=1S/C13H17FO4/c1-3-17-13(15)10-5-6-12(11(14)9-10)18-8-4-7-16-2/h5-6,9H,3-4,7-8H2,1-2H3. The Labute approximate surface area is 106 Å².